The molecule has 0 fully saturated rings. The first-order valence-electron chi connectivity index (χ1n) is 7.72. The van der Waals surface area contributed by atoms with Gasteiger partial charge in [0.05, 0.1) is 0 Å². The monoisotopic (exact) mass is 405 g/mol. The molecule has 1 aliphatic rings. The van der Waals surface area contributed by atoms with Gasteiger partial charge in [0.2, 0.25) is 0 Å². The second-order valence-electron chi connectivity index (χ2n) is 6.39. The second kappa shape index (κ2) is 7.36. The Kier molecular flexibility index (Phi) is 6.75. The van der Waals surface area contributed by atoms with E-state index in [1.54, 1.807) is 0 Å². The Labute approximate surface area is 141 Å². The molecule has 0 radical (unpaired) electrons. The Morgan fingerprint density at radius 3 is 1.68 bits per heavy atom. The van der Waals surface area contributed by atoms with Gasteiger partial charge in [0.25, 0.3) is 0 Å². The topological polar surface area (TPSA) is 43.9 Å². The summed E-state index contributed by atoms with van der Waals surface area (Å²) in [5, 5.41) is 0. The molecule has 0 saturated carbocycles. The second-order valence-corrected chi connectivity index (χ2v) is 20.3. The molecule has 0 aromatic carbocycles. The number of hydrogen-bond acceptors (Lipinski definition) is 5. The van der Waals surface area contributed by atoms with Gasteiger partial charge in [-0.05, 0) is 0 Å². The molecule has 22 heavy (non-hydrogen) atoms. The van der Waals surface area contributed by atoms with Crippen molar-refractivity contribution < 1.29 is 30.3 Å². The van der Waals surface area contributed by atoms with Gasteiger partial charge in [-0.1, -0.05) is 0 Å². The number of nitrogens with zero attached hydrogens (tertiary/aromatic N) is 3. The van der Waals surface area contributed by atoms with Crippen LogP contribution in [0.5, 0.6) is 0 Å². The van der Waals surface area contributed by atoms with E-state index in [1.165, 1.54) is 5.57 Å². The Hall–Kier alpha value is 0.143. The van der Waals surface area contributed by atoms with Crippen molar-refractivity contribution in [3.8, 4) is 0 Å². The van der Waals surface area contributed by atoms with Crippen LogP contribution in [0.3, 0.4) is 0 Å². The molecule has 0 heterocycles. The van der Waals surface area contributed by atoms with Crippen molar-refractivity contribution in [2.45, 2.75) is 29.6 Å². The quantitative estimate of drug-likeness (QED) is 0.608. The summed E-state index contributed by atoms with van der Waals surface area (Å²) in [5.74, 6) is 0. The standard InChI is InChI=1S/C9H12O2P.3C2H6N.Zr/c1-3-7-5-6-9(12(10)11)8(7)4-2;3*1-3-2;/h5-6H,3-4H2,1-2H3;3*1-2H3;/q;3*-1;+3. The van der Waals surface area contributed by atoms with Crippen LogP contribution in [0.1, 0.15) is 26.7 Å². The van der Waals surface area contributed by atoms with E-state index >= 15 is 0 Å². The summed E-state index contributed by atoms with van der Waals surface area (Å²) in [4.78, 5) is 0. The van der Waals surface area contributed by atoms with Crippen LogP contribution in [-0.2, 0) is 30.3 Å². The van der Waals surface area contributed by atoms with Gasteiger partial charge in [-0.15, -0.1) is 0 Å². The molecule has 1 atom stereocenters. The molecular formula is C15H30N3O2PZr. The van der Waals surface area contributed by atoms with Crippen LogP contribution in [-0.4, -0.2) is 53.7 Å². The van der Waals surface area contributed by atoms with Gasteiger partial charge in [-0.25, -0.2) is 0 Å². The van der Waals surface area contributed by atoms with E-state index in [0.29, 0.717) is 0 Å². The summed E-state index contributed by atoms with van der Waals surface area (Å²) >= 11 is -3.66. The predicted molar refractivity (Wildman–Crippen MR) is 88.8 cm³/mol. The molecule has 1 aliphatic carbocycles. The molecule has 7 heteroatoms. The zero-order valence-electron chi connectivity index (χ0n) is 15.2. The SMILES string of the molecule is CCC1=C(CC)[C](P(=O)=O)([Zr]([N](C)C)([N](C)C)[N](C)C)C=C1. The fourth-order valence-electron chi connectivity index (χ4n) is 4.33. The third kappa shape index (κ3) is 2.61. The van der Waals surface area contributed by atoms with Crippen LogP contribution in [0.25, 0.3) is 0 Å². The van der Waals surface area contributed by atoms with Crippen LogP contribution in [0.15, 0.2) is 23.3 Å². The van der Waals surface area contributed by atoms with E-state index in [2.05, 4.69) is 22.4 Å². The van der Waals surface area contributed by atoms with Crippen molar-refractivity contribution in [1.29, 1.82) is 0 Å². The van der Waals surface area contributed by atoms with Gasteiger partial charge in [0, 0.05) is 0 Å². The minimum absolute atomic E-state index is 0.772. The van der Waals surface area contributed by atoms with Gasteiger partial charge in [-0.2, -0.15) is 0 Å². The summed E-state index contributed by atoms with van der Waals surface area (Å²) in [7, 11) is 9.55. The first-order valence-corrected chi connectivity index (χ1v) is 13.4. The van der Waals surface area contributed by atoms with Crippen molar-refractivity contribution in [3.05, 3.63) is 23.3 Å². The predicted octanol–water partition coefficient (Wildman–Crippen LogP) is 3.13. The third-order valence-corrected chi connectivity index (χ3v) is 21.8. The molecule has 0 saturated heterocycles. The molecule has 5 nitrogen and oxygen atoms in total. The van der Waals surface area contributed by atoms with E-state index in [4.69, 9.17) is 0 Å². The normalized spacial score (nSPS) is 22.5. The van der Waals surface area contributed by atoms with Crippen molar-refractivity contribution >= 4 is 7.68 Å². The molecule has 0 aliphatic heterocycles. The number of allylic oxidation sites excluding steroid dienone is 4. The summed E-state index contributed by atoms with van der Waals surface area (Å²) in [6, 6.07) is 0. The first kappa shape index (κ1) is 20.2. The van der Waals surface area contributed by atoms with Crippen LogP contribution in [0, 0.1) is 0 Å². The molecule has 0 aromatic heterocycles. The van der Waals surface area contributed by atoms with Gasteiger partial charge >= 0.3 is 142 Å². The Morgan fingerprint density at radius 1 is 0.955 bits per heavy atom. The summed E-state index contributed by atoms with van der Waals surface area (Å²) in [5.41, 5.74) is 2.28. The van der Waals surface area contributed by atoms with Crippen LogP contribution in [0.4, 0.5) is 0 Å². The fraction of sp³-hybridized carbons (Fsp3) is 0.733. The van der Waals surface area contributed by atoms with Crippen molar-refractivity contribution in [2.24, 2.45) is 0 Å². The zero-order valence-corrected chi connectivity index (χ0v) is 18.5. The average Bonchev–Trinajstić information content (AvgIpc) is 2.77. The van der Waals surface area contributed by atoms with E-state index in [1.807, 2.05) is 54.4 Å². The number of hydrogen-bond donors (Lipinski definition) is 0. The van der Waals surface area contributed by atoms with Crippen molar-refractivity contribution in [1.82, 2.24) is 8.53 Å². The fourth-order valence-corrected chi connectivity index (χ4v) is 24.2. The minimum atomic E-state index is -3.66. The van der Waals surface area contributed by atoms with Crippen molar-refractivity contribution in [2.75, 3.05) is 42.3 Å². The van der Waals surface area contributed by atoms with E-state index in [9.17, 15) is 9.13 Å². The van der Waals surface area contributed by atoms with Gasteiger partial charge < -0.3 is 0 Å². The maximum absolute atomic E-state index is 12.6. The Balaban J connectivity index is 3.88. The third-order valence-electron chi connectivity index (χ3n) is 4.78. The van der Waals surface area contributed by atoms with E-state index in [0.717, 1.165) is 18.4 Å². The summed E-state index contributed by atoms with van der Waals surface area (Å²) < 4.78 is 31.1. The van der Waals surface area contributed by atoms with Gasteiger partial charge in [0.15, 0.2) is 0 Å². The molecular weight excluding hydrogens is 376 g/mol. The molecule has 0 bridgehead atoms. The molecule has 0 N–H and O–H groups in total. The Morgan fingerprint density at radius 2 is 1.41 bits per heavy atom. The number of rotatable bonds is 7. The molecule has 0 aromatic rings. The molecule has 1 rings (SSSR count). The van der Waals surface area contributed by atoms with Crippen molar-refractivity contribution in [3.63, 3.8) is 0 Å². The maximum atomic E-state index is 12.6. The summed E-state index contributed by atoms with van der Waals surface area (Å²) in [6.45, 7) is 4.17. The Bertz CT molecular complexity index is 523. The van der Waals surface area contributed by atoms with Crippen LogP contribution >= 0.6 is 7.68 Å². The molecule has 1 unspecified atom stereocenters. The van der Waals surface area contributed by atoms with Crippen LogP contribution in [0.2, 0.25) is 0 Å². The molecule has 0 spiro atoms. The zero-order chi connectivity index (χ0) is 17.3. The van der Waals surface area contributed by atoms with E-state index in [-0.39, 0.29) is 0 Å². The van der Waals surface area contributed by atoms with Gasteiger partial charge in [-0.3, -0.25) is 0 Å². The molecule has 0 amide bonds. The molecule has 126 valence electrons. The summed E-state index contributed by atoms with van der Waals surface area (Å²) in [6.07, 6.45) is 5.67. The van der Waals surface area contributed by atoms with Gasteiger partial charge in [0.1, 0.15) is 0 Å². The average molecular weight is 407 g/mol. The van der Waals surface area contributed by atoms with E-state index < -0.39 is 31.7 Å². The first-order chi connectivity index (χ1) is 10.1. The van der Waals surface area contributed by atoms with Crippen LogP contribution < -0.4 is 0 Å².